The number of anilines is 1. The van der Waals surface area contributed by atoms with Crippen molar-refractivity contribution in [1.82, 2.24) is 9.97 Å². The number of H-pyrrole nitrogens is 1. The minimum atomic E-state index is 0.114. The van der Waals surface area contributed by atoms with E-state index in [-0.39, 0.29) is 5.54 Å². The van der Waals surface area contributed by atoms with Gasteiger partial charge in [-0.1, -0.05) is 6.92 Å². The second-order valence-corrected chi connectivity index (χ2v) is 4.32. The number of nitrogens with zero attached hydrogens (tertiary/aromatic N) is 2. The van der Waals surface area contributed by atoms with Crippen LogP contribution in [0, 0.1) is 0 Å². The van der Waals surface area contributed by atoms with Crippen LogP contribution in [0.25, 0.3) is 0 Å². The highest BCUT2D eigenvalue weighted by Gasteiger charge is 2.19. The summed E-state index contributed by atoms with van der Waals surface area (Å²) in [5.41, 5.74) is 1.30. The molecule has 1 N–H and O–H groups in total. The van der Waals surface area contributed by atoms with E-state index >= 15 is 0 Å². The summed E-state index contributed by atoms with van der Waals surface area (Å²) in [7, 11) is 2.05. The lowest BCUT2D eigenvalue weighted by Gasteiger charge is -2.31. The molecule has 3 nitrogen and oxygen atoms in total. The van der Waals surface area contributed by atoms with Crippen LogP contribution in [0.4, 0.5) is 5.95 Å². The SMILES string of the molecule is CCc1cnc(N(C)C(C)(C)C)[nH]1. The highest BCUT2D eigenvalue weighted by molar-refractivity contribution is 5.33. The first kappa shape index (κ1) is 10.1. The topological polar surface area (TPSA) is 31.9 Å². The zero-order valence-corrected chi connectivity index (χ0v) is 9.18. The molecule has 1 aromatic heterocycles. The fourth-order valence-electron chi connectivity index (χ4n) is 1.02. The standard InChI is InChI=1S/C10H19N3/c1-6-8-7-11-9(12-8)13(5)10(2,3)4/h7H,6H2,1-5H3,(H,11,12). The number of aromatic amines is 1. The molecule has 1 heterocycles. The van der Waals surface area contributed by atoms with E-state index in [1.54, 1.807) is 0 Å². The number of imidazole rings is 1. The summed E-state index contributed by atoms with van der Waals surface area (Å²) >= 11 is 0. The minimum absolute atomic E-state index is 0.114. The van der Waals surface area contributed by atoms with E-state index in [0.29, 0.717) is 0 Å². The molecule has 0 fully saturated rings. The predicted molar refractivity (Wildman–Crippen MR) is 56.1 cm³/mol. The van der Waals surface area contributed by atoms with Crippen LogP contribution in [0.5, 0.6) is 0 Å². The Bertz CT molecular complexity index is 270. The van der Waals surface area contributed by atoms with Gasteiger partial charge < -0.3 is 9.88 Å². The molecule has 0 radical (unpaired) electrons. The number of hydrogen-bond acceptors (Lipinski definition) is 2. The molecule has 0 saturated heterocycles. The lowest BCUT2D eigenvalue weighted by atomic mass is 10.1. The van der Waals surface area contributed by atoms with E-state index < -0.39 is 0 Å². The number of aryl methyl sites for hydroxylation is 1. The Labute approximate surface area is 80.2 Å². The first-order valence-electron chi connectivity index (χ1n) is 4.73. The van der Waals surface area contributed by atoms with Gasteiger partial charge in [0, 0.05) is 18.3 Å². The molecule has 0 atom stereocenters. The fourth-order valence-corrected chi connectivity index (χ4v) is 1.02. The molecule has 0 aliphatic rings. The molecule has 0 unspecified atom stereocenters. The van der Waals surface area contributed by atoms with Gasteiger partial charge in [0.25, 0.3) is 0 Å². The molecule has 0 bridgehead atoms. The van der Waals surface area contributed by atoms with Crippen molar-refractivity contribution in [1.29, 1.82) is 0 Å². The first-order valence-corrected chi connectivity index (χ1v) is 4.73. The summed E-state index contributed by atoms with van der Waals surface area (Å²) < 4.78 is 0. The van der Waals surface area contributed by atoms with Crippen LogP contribution in [-0.2, 0) is 6.42 Å². The van der Waals surface area contributed by atoms with Crippen molar-refractivity contribution in [2.75, 3.05) is 11.9 Å². The Morgan fingerprint density at radius 2 is 2.08 bits per heavy atom. The zero-order chi connectivity index (χ0) is 10.1. The third-order valence-corrected chi connectivity index (χ3v) is 2.32. The van der Waals surface area contributed by atoms with E-state index in [9.17, 15) is 0 Å². The predicted octanol–water partition coefficient (Wildman–Crippen LogP) is 2.21. The highest BCUT2D eigenvalue weighted by atomic mass is 15.3. The van der Waals surface area contributed by atoms with Gasteiger partial charge in [-0.05, 0) is 27.2 Å². The van der Waals surface area contributed by atoms with Gasteiger partial charge in [-0.15, -0.1) is 0 Å². The van der Waals surface area contributed by atoms with Crippen LogP contribution in [0.3, 0.4) is 0 Å². The number of aromatic nitrogens is 2. The molecule has 3 heteroatoms. The zero-order valence-electron chi connectivity index (χ0n) is 9.18. The molecular weight excluding hydrogens is 162 g/mol. The number of nitrogens with one attached hydrogen (secondary N) is 1. The summed E-state index contributed by atoms with van der Waals surface area (Å²) in [6.07, 6.45) is 2.91. The largest absolute Gasteiger partial charge is 0.341 e. The average Bonchev–Trinajstić information content (AvgIpc) is 2.48. The first-order chi connectivity index (χ1) is 5.95. The lowest BCUT2D eigenvalue weighted by molar-refractivity contribution is 0.529. The van der Waals surface area contributed by atoms with Gasteiger partial charge >= 0.3 is 0 Å². The Balaban J connectivity index is 2.83. The maximum Gasteiger partial charge on any atom is 0.203 e. The van der Waals surface area contributed by atoms with Crippen molar-refractivity contribution in [2.45, 2.75) is 39.7 Å². The summed E-state index contributed by atoms with van der Waals surface area (Å²) in [4.78, 5) is 9.75. The van der Waals surface area contributed by atoms with Crippen LogP contribution in [-0.4, -0.2) is 22.6 Å². The van der Waals surface area contributed by atoms with Gasteiger partial charge in [-0.25, -0.2) is 4.98 Å². The third kappa shape index (κ3) is 2.23. The van der Waals surface area contributed by atoms with Gasteiger partial charge in [-0.3, -0.25) is 0 Å². The van der Waals surface area contributed by atoms with Crippen LogP contribution in [0.2, 0.25) is 0 Å². The van der Waals surface area contributed by atoms with E-state index in [1.165, 1.54) is 5.69 Å². The molecular formula is C10H19N3. The van der Waals surface area contributed by atoms with Gasteiger partial charge in [-0.2, -0.15) is 0 Å². The van der Waals surface area contributed by atoms with Crippen LogP contribution >= 0.6 is 0 Å². The molecule has 0 spiro atoms. The smallest absolute Gasteiger partial charge is 0.203 e. The molecule has 74 valence electrons. The summed E-state index contributed by atoms with van der Waals surface area (Å²) in [6.45, 7) is 8.62. The van der Waals surface area contributed by atoms with Crippen LogP contribution in [0.1, 0.15) is 33.4 Å². The summed E-state index contributed by atoms with van der Waals surface area (Å²) in [6, 6.07) is 0. The molecule has 0 saturated carbocycles. The van der Waals surface area contributed by atoms with Crippen molar-refractivity contribution in [3.05, 3.63) is 11.9 Å². The van der Waals surface area contributed by atoms with Crippen LogP contribution < -0.4 is 4.90 Å². The lowest BCUT2D eigenvalue weighted by Crippen LogP contribution is -2.38. The summed E-state index contributed by atoms with van der Waals surface area (Å²) in [5, 5.41) is 0. The Morgan fingerprint density at radius 3 is 2.46 bits per heavy atom. The van der Waals surface area contributed by atoms with Crippen molar-refractivity contribution in [3.63, 3.8) is 0 Å². The highest BCUT2D eigenvalue weighted by Crippen LogP contribution is 2.17. The average molecular weight is 181 g/mol. The van der Waals surface area contributed by atoms with Crippen molar-refractivity contribution in [3.8, 4) is 0 Å². The molecule has 0 aliphatic heterocycles. The normalized spacial score (nSPS) is 11.8. The van der Waals surface area contributed by atoms with Crippen LogP contribution in [0.15, 0.2) is 6.20 Å². The Morgan fingerprint density at radius 1 is 1.46 bits per heavy atom. The third-order valence-electron chi connectivity index (χ3n) is 2.32. The van der Waals surface area contributed by atoms with Crippen molar-refractivity contribution < 1.29 is 0 Å². The van der Waals surface area contributed by atoms with Gasteiger partial charge in [0.1, 0.15) is 0 Å². The monoisotopic (exact) mass is 181 g/mol. The molecule has 13 heavy (non-hydrogen) atoms. The minimum Gasteiger partial charge on any atom is -0.341 e. The van der Waals surface area contributed by atoms with Crippen molar-refractivity contribution >= 4 is 5.95 Å². The Hall–Kier alpha value is -0.990. The van der Waals surface area contributed by atoms with E-state index in [0.717, 1.165) is 12.4 Å². The maximum absolute atomic E-state index is 4.32. The molecule has 0 aromatic carbocycles. The van der Waals surface area contributed by atoms with Gasteiger partial charge in [0.05, 0.1) is 6.20 Å². The molecule has 1 aromatic rings. The van der Waals surface area contributed by atoms with Gasteiger partial charge in [0.2, 0.25) is 5.95 Å². The molecule has 1 rings (SSSR count). The second-order valence-electron chi connectivity index (χ2n) is 4.32. The molecule has 0 amide bonds. The fraction of sp³-hybridized carbons (Fsp3) is 0.700. The number of hydrogen-bond donors (Lipinski definition) is 1. The van der Waals surface area contributed by atoms with E-state index in [2.05, 4.69) is 49.6 Å². The quantitative estimate of drug-likeness (QED) is 0.758. The second kappa shape index (κ2) is 3.40. The Kier molecular flexibility index (Phi) is 2.64. The van der Waals surface area contributed by atoms with E-state index in [1.807, 2.05) is 6.20 Å². The van der Waals surface area contributed by atoms with E-state index in [4.69, 9.17) is 0 Å². The van der Waals surface area contributed by atoms with Crippen molar-refractivity contribution in [2.24, 2.45) is 0 Å². The van der Waals surface area contributed by atoms with Gasteiger partial charge in [0.15, 0.2) is 0 Å². The summed E-state index contributed by atoms with van der Waals surface area (Å²) in [5.74, 6) is 0.948. The maximum atomic E-state index is 4.32. The number of rotatable bonds is 2. The molecule has 0 aliphatic carbocycles.